The van der Waals surface area contributed by atoms with E-state index in [1.807, 2.05) is 42.6 Å². The Bertz CT molecular complexity index is 590. The molecule has 0 bridgehead atoms. The molecule has 1 aromatic carbocycles. The largest absolute Gasteiger partial charge is 0.493 e. The molecular formula is C17H20O3S. The van der Waals surface area contributed by atoms with Crippen LogP contribution < -0.4 is 4.74 Å². The van der Waals surface area contributed by atoms with Gasteiger partial charge < -0.3 is 9.84 Å². The molecule has 3 nitrogen and oxygen atoms in total. The molecule has 112 valence electrons. The third kappa shape index (κ3) is 4.08. The zero-order chi connectivity index (χ0) is 15.2. The molecule has 1 atom stereocenters. The van der Waals surface area contributed by atoms with E-state index in [2.05, 4.69) is 6.92 Å². The normalized spacial score (nSPS) is 12.1. The van der Waals surface area contributed by atoms with Gasteiger partial charge in [-0.1, -0.05) is 25.1 Å². The number of ether oxygens (including phenoxy) is 1. The highest BCUT2D eigenvalue weighted by Crippen LogP contribution is 2.28. The van der Waals surface area contributed by atoms with Crippen molar-refractivity contribution in [2.24, 2.45) is 0 Å². The van der Waals surface area contributed by atoms with Crippen LogP contribution in [0.15, 0.2) is 35.7 Å². The van der Waals surface area contributed by atoms with Crippen molar-refractivity contribution in [3.05, 3.63) is 51.7 Å². The highest BCUT2D eigenvalue weighted by molar-refractivity contribution is 7.09. The molecule has 1 unspecified atom stereocenters. The van der Waals surface area contributed by atoms with Gasteiger partial charge >= 0.3 is 5.97 Å². The number of benzene rings is 1. The zero-order valence-corrected chi connectivity index (χ0v) is 13.2. The summed E-state index contributed by atoms with van der Waals surface area (Å²) in [4.78, 5) is 12.7. The first-order chi connectivity index (χ1) is 10.1. The van der Waals surface area contributed by atoms with Gasteiger partial charge in [0.2, 0.25) is 0 Å². The minimum absolute atomic E-state index is 0.512. The van der Waals surface area contributed by atoms with Crippen LogP contribution in [0.2, 0.25) is 0 Å². The van der Waals surface area contributed by atoms with Gasteiger partial charge in [-0.2, -0.15) is 0 Å². The second-order valence-corrected chi connectivity index (χ2v) is 6.08. The number of thiophene rings is 1. The van der Waals surface area contributed by atoms with Gasteiger partial charge in [0.1, 0.15) is 5.75 Å². The average Bonchev–Trinajstić information content (AvgIpc) is 2.96. The van der Waals surface area contributed by atoms with E-state index >= 15 is 0 Å². The molecule has 4 heteroatoms. The number of aryl methyl sites for hydroxylation is 1. The summed E-state index contributed by atoms with van der Waals surface area (Å²) in [6, 6.07) is 9.60. The first-order valence-electron chi connectivity index (χ1n) is 7.10. The molecule has 0 amide bonds. The van der Waals surface area contributed by atoms with Crippen LogP contribution >= 0.6 is 11.3 Å². The maximum absolute atomic E-state index is 11.6. The standard InChI is InChI=1S/C17H20O3S/c1-3-8-20-16-7-6-13(10-12(16)2)15(17(18)19)11-14-5-4-9-21-14/h4-7,9-10,15H,3,8,11H2,1-2H3,(H,18,19). The van der Waals surface area contributed by atoms with E-state index in [9.17, 15) is 9.90 Å². The number of carbonyl (C=O) groups is 1. The van der Waals surface area contributed by atoms with Gasteiger partial charge in [0.25, 0.3) is 0 Å². The second-order valence-electron chi connectivity index (χ2n) is 5.05. The Labute approximate surface area is 129 Å². The van der Waals surface area contributed by atoms with Crippen molar-refractivity contribution in [2.75, 3.05) is 6.61 Å². The predicted octanol–water partition coefficient (Wildman–Crippen LogP) is 4.26. The van der Waals surface area contributed by atoms with Crippen molar-refractivity contribution in [1.29, 1.82) is 0 Å². The van der Waals surface area contributed by atoms with E-state index in [1.165, 1.54) is 0 Å². The third-order valence-electron chi connectivity index (χ3n) is 3.35. The Hall–Kier alpha value is -1.81. The highest BCUT2D eigenvalue weighted by atomic mass is 32.1. The molecule has 1 N–H and O–H groups in total. The van der Waals surface area contributed by atoms with Crippen molar-refractivity contribution in [3.8, 4) is 5.75 Å². The molecule has 0 saturated carbocycles. The first kappa shape index (κ1) is 15.6. The SMILES string of the molecule is CCCOc1ccc(C(Cc2cccs2)C(=O)O)cc1C. The van der Waals surface area contributed by atoms with E-state index in [0.29, 0.717) is 13.0 Å². The van der Waals surface area contributed by atoms with Crippen LogP contribution in [0.1, 0.15) is 35.3 Å². The lowest BCUT2D eigenvalue weighted by molar-refractivity contribution is -0.138. The summed E-state index contributed by atoms with van der Waals surface area (Å²) in [5, 5.41) is 11.5. The minimum atomic E-state index is -0.787. The highest BCUT2D eigenvalue weighted by Gasteiger charge is 2.21. The van der Waals surface area contributed by atoms with Crippen molar-refractivity contribution >= 4 is 17.3 Å². The monoisotopic (exact) mass is 304 g/mol. The number of rotatable bonds is 7. The Kier molecular flexibility index (Phi) is 5.39. The first-order valence-corrected chi connectivity index (χ1v) is 7.98. The number of aliphatic carboxylic acids is 1. The van der Waals surface area contributed by atoms with Crippen LogP contribution in [-0.4, -0.2) is 17.7 Å². The summed E-state index contributed by atoms with van der Waals surface area (Å²) in [5.41, 5.74) is 1.82. The molecule has 2 rings (SSSR count). The lowest BCUT2D eigenvalue weighted by atomic mass is 9.93. The Morgan fingerprint density at radius 1 is 1.38 bits per heavy atom. The van der Waals surface area contributed by atoms with Crippen molar-refractivity contribution in [2.45, 2.75) is 32.6 Å². The van der Waals surface area contributed by atoms with Gasteiger partial charge in [-0.3, -0.25) is 4.79 Å². The summed E-state index contributed by atoms with van der Waals surface area (Å²) in [6.45, 7) is 4.70. The van der Waals surface area contributed by atoms with Crippen LogP contribution in [0.25, 0.3) is 0 Å². The molecule has 0 radical (unpaired) electrons. The van der Waals surface area contributed by atoms with Gasteiger partial charge in [0, 0.05) is 4.88 Å². The fraction of sp³-hybridized carbons (Fsp3) is 0.353. The molecule has 0 aliphatic rings. The van der Waals surface area contributed by atoms with E-state index in [1.54, 1.807) is 11.3 Å². The molecule has 21 heavy (non-hydrogen) atoms. The Balaban J connectivity index is 2.20. The summed E-state index contributed by atoms with van der Waals surface area (Å²) in [6.07, 6.45) is 1.49. The van der Waals surface area contributed by atoms with Crippen LogP contribution in [0.3, 0.4) is 0 Å². The van der Waals surface area contributed by atoms with Gasteiger partial charge in [-0.15, -0.1) is 11.3 Å². The van der Waals surface area contributed by atoms with E-state index in [4.69, 9.17) is 4.74 Å². The van der Waals surface area contributed by atoms with Crippen LogP contribution in [0.5, 0.6) is 5.75 Å². The van der Waals surface area contributed by atoms with Crippen LogP contribution in [-0.2, 0) is 11.2 Å². The van der Waals surface area contributed by atoms with Crippen LogP contribution in [0, 0.1) is 6.92 Å². The lowest BCUT2D eigenvalue weighted by Gasteiger charge is -2.15. The Morgan fingerprint density at radius 3 is 2.76 bits per heavy atom. The lowest BCUT2D eigenvalue weighted by Crippen LogP contribution is -2.14. The Morgan fingerprint density at radius 2 is 2.19 bits per heavy atom. The summed E-state index contributed by atoms with van der Waals surface area (Å²) < 4.78 is 5.64. The molecule has 2 aromatic rings. The summed E-state index contributed by atoms with van der Waals surface area (Å²) in [5.74, 6) is -0.464. The van der Waals surface area contributed by atoms with Crippen molar-refractivity contribution in [3.63, 3.8) is 0 Å². The predicted molar refractivity (Wildman–Crippen MR) is 85.4 cm³/mol. The third-order valence-corrected chi connectivity index (χ3v) is 4.25. The average molecular weight is 304 g/mol. The van der Waals surface area contributed by atoms with Crippen LogP contribution in [0.4, 0.5) is 0 Å². The number of carboxylic acid groups (broad SMARTS) is 1. The van der Waals surface area contributed by atoms with Crippen molar-refractivity contribution < 1.29 is 14.6 Å². The molecule has 1 aromatic heterocycles. The zero-order valence-electron chi connectivity index (χ0n) is 12.3. The van der Waals surface area contributed by atoms with Gasteiger partial charge in [-0.25, -0.2) is 0 Å². The van der Waals surface area contributed by atoms with E-state index in [0.717, 1.165) is 28.2 Å². The summed E-state index contributed by atoms with van der Waals surface area (Å²) in [7, 11) is 0. The molecule has 0 aliphatic heterocycles. The maximum atomic E-state index is 11.6. The second kappa shape index (κ2) is 7.27. The van der Waals surface area contributed by atoms with Gasteiger partial charge in [0.05, 0.1) is 12.5 Å². The molecule has 0 spiro atoms. The number of carboxylic acids is 1. The quantitative estimate of drug-likeness (QED) is 0.831. The maximum Gasteiger partial charge on any atom is 0.311 e. The fourth-order valence-corrected chi connectivity index (χ4v) is 2.99. The topological polar surface area (TPSA) is 46.5 Å². The summed E-state index contributed by atoms with van der Waals surface area (Å²) >= 11 is 1.59. The molecule has 1 heterocycles. The smallest absolute Gasteiger partial charge is 0.311 e. The molecule has 0 aliphatic carbocycles. The number of hydrogen-bond acceptors (Lipinski definition) is 3. The molecule has 0 saturated heterocycles. The number of hydrogen-bond donors (Lipinski definition) is 1. The van der Waals surface area contributed by atoms with E-state index < -0.39 is 11.9 Å². The minimum Gasteiger partial charge on any atom is -0.493 e. The molecule has 0 fully saturated rings. The fourth-order valence-electron chi connectivity index (χ4n) is 2.24. The van der Waals surface area contributed by atoms with Gasteiger partial charge in [0.15, 0.2) is 0 Å². The molecular weight excluding hydrogens is 284 g/mol. The van der Waals surface area contributed by atoms with E-state index in [-0.39, 0.29) is 0 Å². The van der Waals surface area contributed by atoms with Gasteiger partial charge in [-0.05, 0) is 48.4 Å². The van der Waals surface area contributed by atoms with Crippen molar-refractivity contribution in [1.82, 2.24) is 0 Å².